The van der Waals surface area contributed by atoms with Crippen molar-refractivity contribution in [3.8, 4) is 0 Å². The van der Waals surface area contributed by atoms with Gasteiger partial charge in [-0.2, -0.15) is 0 Å². The van der Waals surface area contributed by atoms with Gasteiger partial charge in [0.15, 0.2) is 0 Å². The van der Waals surface area contributed by atoms with E-state index in [9.17, 15) is 4.79 Å². The fourth-order valence-corrected chi connectivity index (χ4v) is 2.72. The first-order valence-corrected chi connectivity index (χ1v) is 8.08. The molecule has 1 amide bonds. The molecule has 112 valence electrons. The Morgan fingerprint density at radius 1 is 1.20 bits per heavy atom. The maximum atomic E-state index is 12.9. The summed E-state index contributed by atoms with van der Waals surface area (Å²) < 4.78 is 0. The van der Waals surface area contributed by atoms with Crippen molar-refractivity contribution < 1.29 is 4.79 Å². The number of hydrogen-bond acceptors (Lipinski definition) is 1. The Balaban J connectivity index is 3.00. The second-order valence-electron chi connectivity index (χ2n) is 5.29. The van der Waals surface area contributed by atoms with E-state index in [-0.39, 0.29) is 11.8 Å². The van der Waals surface area contributed by atoms with E-state index in [0.29, 0.717) is 18.3 Å². The number of halogens is 1. The maximum absolute atomic E-state index is 12.9. The van der Waals surface area contributed by atoms with Gasteiger partial charge in [0.25, 0.3) is 0 Å². The highest BCUT2D eigenvalue weighted by atomic mass is 35.5. The van der Waals surface area contributed by atoms with Crippen molar-refractivity contribution in [1.82, 2.24) is 4.90 Å². The van der Waals surface area contributed by atoms with Crippen LogP contribution in [0.25, 0.3) is 0 Å². The molecule has 0 aliphatic heterocycles. The fourth-order valence-electron chi connectivity index (χ4n) is 2.51. The lowest BCUT2D eigenvalue weighted by molar-refractivity contribution is -0.133. The third kappa shape index (κ3) is 4.52. The van der Waals surface area contributed by atoms with Crippen molar-refractivity contribution in [2.75, 3.05) is 19.0 Å². The van der Waals surface area contributed by atoms with Crippen molar-refractivity contribution in [3.63, 3.8) is 0 Å². The van der Waals surface area contributed by atoms with Crippen LogP contribution in [-0.2, 0) is 4.79 Å². The van der Waals surface area contributed by atoms with E-state index in [1.807, 2.05) is 23.1 Å². The van der Waals surface area contributed by atoms with Gasteiger partial charge in [-0.15, -0.1) is 11.6 Å². The van der Waals surface area contributed by atoms with Crippen molar-refractivity contribution in [2.45, 2.75) is 39.5 Å². The predicted molar refractivity (Wildman–Crippen MR) is 86.2 cm³/mol. The van der Waals surface area contributed by atoms with Gasteiger partial charge in [-0.25, -0.2) is 0 Å². The Morgan fingerprint density at radius 3 is 2.35 bits per heavy atom. The fraction of sp³-hybridized carbons (Fsp3) is 0.588. The largest absolute Gasteiger partial charge is 0.341 e. The van der Waals surface area contributed by atoms with E-state index >= 15 is 0 Å². The number of hydrogen-bond donors (Lipinski definition) is 0. The number of rotatable bonds is 8. The molecule has 1 aromatic rings. The van der Waals surface area contributed by atoms with Crippen LogP contribution < -0.4 is 0 Å². The Kier molecular flexibility index (Phi) is 7.68. The van der Waals surface area contributed by atoms with Crippen LogP contribution in [0.4, 0.5) is 0 Å². The molecule has 0 radical (unpaired) electrons. The highest BCUT2D eigenvalue weighted by Crippen LogP contribution is 2.29. The highest BCUT2D eigenvalue weighted by molar-refractivity contribution is 6.18. The predicted octanol–water partition coefficient (Wildman–Crippen LogP) is 4.29. The third-order valence-corrected chi connectivity index (χ3v) is 3.97. The summed E-state index contributed by atoms with van der Waals surface area (Å²) in [5, 5.41) is 0. The summed E-state index contributed by atoms with van der Waals surface area (Å²) in [5.74, 6) is 0.983. The molecule has 0 spiro atoms. The van der Waals surface area contributed by atoms with Crippen molar-refractivity contribution in [3.05, 3.63) is 35.9 Å². The molecule has 0 fully saturated rings. The second-order valence-corrected chi connectivity index (χ2v) is 5.67. The lowest BCUT2D eigenvalue weighted by Gasteiger charge is -2.30. The van der Waals surface area contributed by atoms with Crippen LogP contribution in [-0.4, -0.2) is 29.8 Å². The molecule has 0 saturated carbocycles. The zero-order valence-electron chi connectivity index (χ0n) is 12.8. The molecule has 0 heterocycles. The Bertz CT molecular complexity index is 387. The van der Waals surface area contributed by atoms with Gasteiger partial charge in [-0.1, -0.05) is 57.5 Å². The maximum Gasteiger partial charge on any atom is 0.230 e. The van der Waals surface area contributed by atoms with Gasteiger partial charge >= 0.3 is 0 Å². The van der Waals surface area contributed by atoms with Crippen LogP contribution in [0.3, 0.4) is 0 Å². The molecule has 0 aromatic heterocycles. The van der Waals surface area contributed by atoms with E-state index in [0.717, 1.165) is 24.9 Å². The van der Waals surface area contributed by atoms with Crippen molar-refractivity contribution in [1.29, 1.82) is 0 Å². The molecule has 3 heteroatoms. The standard InChI is InChI=1S/C17H26ClNO/c1-4-12-19(13-11-18)17(20)16(14(3)5-2)15-9-7-6-8-10-15/h6-10,14,16H,4-5,11-13H2,1-3H3. The van der Waals surface area contributed by atoms with Crippen LogP contribution in [0.15, 0.2) is 30.3 Å². The van der Waals surface area contributed by atoms with E-state index in [1.54, 1.807) is 0 Å². The molecule has 2 atom stereocenters. The molecule has 2 nitrogen and oxygen atoms in total. The first-order chi connectivity index (χ1) is 9.65. The Hall–Kier alpha value is -1.02. The SMILES string of the molecule is CCCN(CCCl)C(=O)C(c1ccccc1)C(C)CC. The van der Waals surface area contributed by atoms with Crippen LogP contribution >= 0.6 is 11.6 Å². The second kappa shape index (κ2) is 9.02. The van der Waals surface area contributed by atoms with E-state index in [1.165, 1.54) is 0 Å². The molecule has 0 bridgehead atoms. The highest BCUT2D eigenvalue weighted by Gasteiger charge is 2.29. The molecular formula is C17H26ClNO. The van der Waals surface area contributed by atoms with E-state index in [2.05, 4.69) is 32.9 Å². The quantitative estimate of drug-likeness (QED) is 0.655. The van der Waals surface area contributed by atoms with E-state index in [4.69, 9.17) is 11.6 Å². The number of amides is 1. The molecule has 1 rings (SSSR count). The molecule has 0 aliphatic rings. The number of benzene rings is 1. The molecule has 2 unspecified atom stereocenters. The third-order valence-electron chi connectivity index (χ3n) is 3.80. The molecule has 1 aromatic carbocycles. The zero-order valence-corrected chi connectivity index (χ0v) is 13.6. The molecular weight excluding hydrogens is 270 g/mol. The number of alkyl halides is 1. The minimum absolute atomic E-state index is 0.0593. The summed E-state index contributed by atoms with van der Waals surface area (Å²) in [6, 6.07) is 10.1. The lowest BCUT2D eigenvalue weighted by Crippen LogP contribution is -2.39. The minimum Gasteiger partial charge on any atom is -0.341 e. The monoisotopic (exact) mass is 295 g/mol. The number of carbonyl (C=O) groups excluding carboxylic acids is 1. The van der Waals surface area contributed by atoms with Gasteiger partial charge in [0.05, 0.1) is 5.92 Å². The molecule has 20 heavy (non-hydrogen) atoms. The van der Waals surface area contributed by atoms with Gasteiger partial charge in [0.1, 0.15) is 0 Å². The number of nitrogens with zero attached hydrogens (tertiary/aromatic N) is 1. The average Bonchev–Trinajstić information content (AvgIpc) is 2.48. The van der Waals surface area contributed by atoms with Crippen molar-refractivity contribution in [2.24, 2.45) is 5.92 Å². The van der Waals surface area contributed by atoms with Gasteiger partial charge < -0.3 is 4.90 Å². The lowest BCUT2D eigenvalue weighted by atomic mass is 9.84. The van der Waals surface area contributed by atoms with Crippen LogP contribution in [0.2, 0.25) is 0 Å². The van der Waals surface area contributed by atoms with E-state index < -0.39 is 0 Å². The summed E-state index contributed by atoms with van der Waals surface area (Å²) >= 11 is 5.85. The summed E-state index contributed by atoms with van der Waals surface area (Å²) in [7, 11) is 0. The summed E-state index contributed by atoms with van der Waals surface area (Å²) in [6.45, 7) is 7.80. The zero-order chi connectivity index (χ0) is 15.0. The Labute approximate surface area is 128 Å². The van der Waals surface area contributed by atoms with Crippen LogP contribution in [0.1, 0.15) is 45.1 Å². The van der Waals surface area contributed by atoms with Crippen LogP contribution in [0, 0.1) is 5.92 Å². The summed E-state index contributed by atoms with van der Waals surface area (Å²) in [6.07, 6.45) is 1.96. The normalized spacial score (nSPS) is 13.8. The molecule has 0 aliphatic carbocycles. The molecule has 0 saturated heterocycles. The minimum atomic E-state index is -0.0593. The topological polar surface area (TPSA) is 20.3 Å². The van der Waals surface area contributed by atoms with Crippen molar-refractivity contribution >= 4 is 17.5 Å². The van der Waals surface area contributed by atoms with Gasteiger partial charge in [-0.05, 0) is 17.9 Å². The molecule has 0 N–H and O–H groups in total. The Morgan fingerprint density at radius 2 is 1.85 bits per heavy atom. The van der Waals surface area contributed by atoms with Gasteiger partial charge in [-0.3, -0.25) is 4.79 Å². The first kappa shape index (κ1) is 17.0. The summed E-state index contributed by atoms with van der Waals surface area (Å²) in [4.78, 5) is 14.8. The van der Waals surface area contributed by atoms with Gasteiger partial charge in [0, 0.05) is 19.0 Å². The first-order valence-electron chi connectivity index (χ1n) is 7.55. The van der Waals surface area contributed by atoms with Gasteiger partial charge in [0.2, 0.25) is 5.91 Å². The summed E-state index contributed by atoms with van der Waals surface area (Å²) in [5.41, 5.74) is 1.11. The van der Waals surface area contributed by atoms with Crippen LogP contribution in [0.5, 0.6) is 0 Å². The smallest absolute Gasteiger partial charge is 0.230 e. The average molecular weight is 296 g/mol. The number of carbonyl (C=O) groups is 1.